The first-order valence-electron chi connectivity index (χ1n) is 7.14. The molecule has 0 N–H and O–H groups in total. The average Bonchev–Trinajstić information content (AvgIpc) is 2.53. The van der Waals surface area contributed by atoms with E-state index in [1.54, 1.807) is 24.3 Å². The molecular formula is C19H14FNO2. The molecule has 0 saturated carbocycles. The molecule has 0 aliphatic rings. The quantitative estimate of drug-likeness (QED) is 0.529. The molecular weight excluding hydrogens is 293 g/mol. The van der Waals surface area contributed by atoms with Crippen LogP contribution in [0.4, 0.5) is 4.39 Å². The third-order valence-corrected chi connectivity index (χ3v) is 3.25. The van der Waals surface area contributed by atoms with E-state index in [0.29, 0.717) is 17.0 Å². The van der Waals surface area contributed by atoms with Crippen molar-refractivity contribution in [2.45, 2.75) is 6.92 Å². The maximum absolute atomic E-state index is 13.2. The summed E-state index contributed by atoms with van der Waals surface area (Å²) in [6.45, 7) is 1.35. The molecule has 0 aliphatic carbocycles. The van der Waals surface area contributed by atoms with Gasteiger partial charge in [0.15, 0.2) is 5.75 Å². The van der Waals surface area contributed by atoms with Crippen LogP contribution < -0.4 is 4.74 Å². The summed E-state index contributed by atoms with van der Waals surface area (Å²) in [5.74, 6) is -0.244. The normalized spacial score (nSPS) is 11.0. The Balaban J connectivity index is 1.97. The Kier molecular flexibility index (Phi) is 4.15. The van der Waals surface area contributed by atoms with Crippen molar-refractivity contribution in [3.63, 3.8) is 0 Å². The summed E-state index contributed by atoms with van der Waals surface area (Å²) in [5, 5.41) is 0.881. The second-order valence-electron chi connectivity index (χ2n) is 5.05. The molecule has 0 atom stereocenters. The number of nitrogens with zero attached hydrogens (tertiary/aromatic N) is 1. The summed E-state index contributed by atoms with van der Waals surface area (Å²) in [6.07, 6.45) is 3.57. The lowest BCUT2D eigenvalue weighted by molar-refractivity contribution is -0.131. The fourth-order valence-electron chi connectivity index (χ4n) is 2.26. The third kappa shape index (κ3) is 3.61. The van der Waals surface area contributed by atoms with Crippen molar-refractivity contribution < 1.29 is 13.9 Å². The Bertz CT molecular complexity index is 903. The molecule has 0 amide bonds. The maximum atomic E-state index is 13.2. The van der Waals surface area contributed by atoms with Crippen molar-refractivity contribution in [1.82, 2.24) is 4.98 Å². The number of rotatable bonds is 3. The molecule has 3 rings (SSSR count). The first-order chi connectivity index (χ1) is 11.1. The van der Waals surface area contributed by atoms with Crippen LogP contribution in [0.5, 0.6) is 5.75 Å². The average molecular weight is 307 g/mol. The zero-order valence-electron chi connectivity index (χ0n) is 12.5. The molecule has 114 valence electrons. The van der Waals surface area contributed by atoms with Gasteiger partial charge < -0.3 is 4.74 Å². The molecule has 4 heteroatoms. The van der Waals surface area contributed by atoms with Gasteiger partial charge in [0.05, 0.1) is 5.69 Å². The summed E-state index contributed by atoms with van der Waals surface area (Å²) >= 11 is 0. The van der Waals surface area contributed by atoms with Gasteiger partial charge in [0.25, 0.3) is 0 Å². The van der Waals surface area contributed by atoms with Gasteiger partial charge in [-0.1, -0.05) is 36.4 Å². The van der Waals surface area contributed by atoms with Gasteiger partial charge in [-0.05, 0) is 35.9 Å². The van der Waals surface area contributed by atoms with Crippen LogP contribution in [0.15, 0.2) is 54.6 Å². The fourth-order valence-corrected chi connectivity index (χ4v) is 2.26. The van der Waals surface area contributed by atoms with E-state index in [0.717, 1.165) is 10.9 Å². The number of fused-ring (bicyclic) bond motifs is 1. The van der Waals surface area contributed by atoms with Crippen molar-refractivity contribution in [1.29, 1.82) is 0 Å². The number of carbonyl (C=O) groups excluding carboxylic acids is 1. The highest BCUT2D eigenvalue weighted by molar-refractivity contribution is 5.88. The number of para-hydroxylation sites is 1. The highest BCUT2D eigenvalue weighted by atomic mass is 19.1. The highest BCUT2D eigenvalue weighted by Gasteiger charge is 2.06. The Morgan fingerprint density at radius 1 is 1.09 bits per heavy atom. The molecule has 0 spiro atoms. The molecule has 0 fully saturated rings. The molecule has 23 heavy (non-hydrogen) atoms. The minimum atomic E-state index is -0.389. The van der Waals surface area contributed by atoms with E-state index in [1.807, 2.05) is 30.3 Å². The standard InChI is InChI=1S/C19H14FNO2/c1-13(22)23-18-7-3-5-15-9-11-17(21-19(15)18)10-8-14-4-2-6-16(20)12-14/h2-12H,1H3. The van der Waals surface area contributed by atoms with Crippen molar-refractivity contribution in [3.8, 4) is 5.75 Å². The molecule has 3 aromatic rings. The first kappa shape index (κ1) is 14.9. The Morgan fingerprint density at radius 3 is 2.70 bits per heavy atom. The van der Waals surface area contributed by atoms with Crippen molar-refractivity contribution in [3.05, 3.63) is 71.7 Å². The second-order valence-corrected chi connectivity index (χ2v) is 5.05. The van der Waals surface area contributed by atoms with Crippen LogP contribution in [-0.4, -0.2) is 11.0 Å². The lowest BCUT2D eigenvalue weighted by atomic mass is 10.1. The molecule has 0 saturated heterocycles. The molecule has 0 bridgehead atoms. The summed E-state index contributed by atoms with van der Waals surface area (Å²) in [7, 11) is 0. The molecule has 0 unspecified atom stereocenters. The summed E-state index contributed by atoms with van der Waals surface area (Å²) in [5.41, 5.74) is 2.06. The second kappa shape index (κ2) is 6.40. The summed E-state index contributed by atoms with van der Waals surface area (Å²) in [6, 6.07) is 15.5. The third-order valence-electron chi connectivity index (χ3n) is 3.25. The summed E-state index contributed by atoms with van der Waals surface area (Å²) in [4.78, 5) is 15.7. The number of pyridine rings is 1. The number of carbonyl (C=O) groups is 1. The van der Waals surface area contributed by atoms with E-state index in [2.05, 4.69) is 4.98 Å². The highest BCUT2D eigenvalue weighted by Crippen LogP contribution is 2.24. The molecule has 1 heterocycles. The van der Waals surface area contributed by atoms with E-state index >= 15 is 0 Å². The minimum absolute atomic E-state index is 0.282. The largest absolute Gasteiger partial charge is 0.424 e. The Morgan fingerprint density at radius 2 is 1.91 bits per heavy atom. The lowest BCUT2D eigenvalue weighted by Crippen LogP contribution is -2.02. The first-order valence-corrected chi connectivity index (χ1v) is 7.14. The Labute approximate surface area is 133 Å². The van der Waals surface area contributed by atoms with Gasteiger partial charge in [-0.3, -0.25) is 4.79 Å². The van der Waals surface area contributed by atoms with Crippen molar-refractivity contribution in [2.75, 3.05) is 0 Å². The van der Waals surface area contributed by atoms with Crippen LogP contribution in [0.3, 0.4) is 0 Å². The number of benzene rings is 2. The van der Waals surface area contributed by atoms with Gasteiger partial charge in [0, 0.05) is 12.3 Å². The number of aromatic nitrogens is 1. The number of esters is 1. The molecule has 2 aromatic carbocycles. The van der Waals surface area contributed by atoms with E-state index in [1.165, 1.54) is 19.1 Å². The zero-order chi connectivity index (χ0) is 16.2. The maximum Gasteiger partial charge on any atom is 0.308 e. The van der Waals surface area contributed by atoms with E-state index < -0.39 is 0 Å². The topological polar surface area (TPSA) is 39.2 Å². The fraction of sp³-hybridized carbons (Fsp3) is 0.0526. The Hall–Kier alpha value is -3.01. The van der Waals surface area contributed by atoms with Gasteiger partial charge in [-0.25, -0.2) is 9.37 Å². The predicted molar refractivity (Wildman–Crippen MR) is 88.4 cm³/mol. The van der Waals surface area contributed by atoms with E-state index in [-0.39, 0.29) is 11.8 Å². The number of hydrogen-bond donors (Lipinski definition) is 0. The van der Waals surface area contributed by atoms with Crippen LogP contribution in [0, 0.1) is 5.82 Å². The monoisotopic (exact) mass is 307 g/mol. The van der Waals surface area contributed by atoms with Crippen molar-refractivity contribution in [2.24, 2.45) is 0 Å². The van der Waals surface area contributed by atoms with Crippen LogP contribution in [-0.2, 0) is 4.79 Å². The minimum Gasteiger partial charge on any atom is -0.424 e. The van der Waals surface area contributed by atoms with Crippen LogP contribution in [0.25, 0.3) is 23.1 Å². The van der Waals surface area contributed by atoms with Gasteiger partial charge >= 0.3 is 5.97 Å². The van der Waals surface area contributed by atoms with Gasteiger partial charge in [-0.2, -0.15) is 0 Å². The zero-order valence-corrected chi connectivity index (χ0v) is 12.5. The lowest BCUT2D eigenvalue weighted by Gasteiger charge is -2.06. The van der Waals surface area contributed by atoms with Gasteiger partial charge in [0.2, 0.25) is 0 Å². The summed E-state index contributed by atoms with van der Waals surface area (Å²) < 4.78 is 18.4. The molecule has 3 nitrogen and oxygen atoms in total. The van der Waals surface area contributed by atoms with Crippen LogP contribution in [0.1, 0.15) is 18.2 Å². The van der Waals surface area contributed by atoms with Crippen LogP contribution in [0.2, 0.25) is 0 Å². The molecule has 0 aliphatic heterocycles. The number of ether oxygens (including phenoxy) is 1. The molecule has 1 aromatic heterocycles. The van der Waals surface area contributed by atoms with Crippen LogP contribution >= 0.6 is 0 Å². The number of halogens is 1. The van der Waals surface area contributed by atoms with E-state index in [9.17, 15) is 9.18 Å². The van der Waals surface area contributed by atoms with Crippen molar-refractivity contribution >= 4 is 29.0 Å². The van der Waals surface area contributed by atoms with E-state index in [4.69, 9.17) is 4.74 Å². The SMILES string of the molecule is CC(=O)Oc1cccc2ccc(C=Cc3cccc(F)c3)nc12. The van der Waals surface area contributed by atoms with Gasteiger partial charge in [-0.15, -0.1) is 0 Å². The predicted octanol–water partition coefficient (Wildman–Crippen LogP) is 4.47. The molecule has 0 radical (unpaired) electrons. The van der Waals surface area contributed by atoms with Gasteiger partial charge in [0.1, 0.15) is 11.3 Å². The smallest absolute Gasteiger partial charge is 0.308 e. The number of hydrogen-bond acceptors (Lipinski definition) is 3.